The van der Waals surface area contributed by atoms with Gasteiger partial charge in [0.05, 0.1) is 12.7 Å². The maximum absolute atomic E-state index is 10.1. The molecule has 0 aromatic heterocycles. The van der Waals surface area contributed by atoms with Crippen LogP contribution >= 0.6 is 0 Å². The summed E-state index contributed by atoms with van der Waals surface area (Å²) in [7, 11) is -3.47. The van der Waals surface area contributed by atoms with E-state index in [-0.39, 0.29) is 10.1 Å². The lowest BCUT2D eigenvalue weighted by Crippen LogP contribution is -2.43. The van der Waals surface area contributed by atoms with Gasteiger partial charge in [-0.1, -0.05) is 41.5 Å². The molecule has 0 aromatic carbocycles. The van der Waals surface area contributed by atoms with Crippen LogP contribution in [0, 0.1) is 0 Å². The van der Waals surface area contributed by atoms with Crippen LogP contribution in [0.25, 0.3) is 0 Å². The molecule has 1 atom stereocenters. The average molecular weight is 335 g/mol. The van der Waals surface area contributed by atoms with Crippen LogP contribution < -0.4 is 0 Å². The molecule has 5 heteroatoms. The number of rotatable bonds is 7. The first-order valence-electron chi connectivity index (χ1n) is 8.06. The Hall–Kier alpha value is 0.314. The van der Waals surface area contributed by atoms with Gasteiger partial charge >= 0.3 is 0 Å². The van der Waals surface area contributed by atoms with Gasteiger partial charge in [-0.2, -0.15) is 0 Å². The van der Waals surface area contributed by atoms with Crippen molar-refractivity contribution < 1.29 is 14.0 Å². The largest absolute Gasteiger partial charge is 0.417 e. The fourth-order valence-electron chi connectivity index (χ4n) is 1.27. The molecule has 0 amide bonds. The first kappa shape index (κ1) is 21.3. The van der Waals surface area contributed by atoms with Crippen LogP contribution in [0.5, 0.6) is 0 Å². The lowest BCUT2D eigenvalue weighted by atomic mass is 10.2. The second-order valence-corrected chi connectivity index (χ2v) is 18.7. The quantitative estimate of drug-likeness (QED) is 0.681. The van der Waals surface area contributed by atoms with Crippen molar-refractivity contribution in [1.29, 1.82) is 0 Å². The maximum atomic E-state index is 10.1. The van der Waals surface area contributed by atoms with Crippen molar-refractivity contribution >= 4 is 16.6 Å². The molecule has 0 bridgehead atoms. The molecule has 0 saturated heterocycles. The summed E-state index contributed by atoms with van der Waals surface area (Å²) in [6.45, 7) is 23.3. The molecule has 0 rings (SSSR count). The smallest absolute Gasteiger partial charge is 0.192 e. The van der Waals surface area contributed by atoms with Crippen molar-refractivity contribution in [2.24, 2.45) is 0 Å². The van der Waals surface area contributed by atoms with E-state index >= 15 is 0 Å². The highest BCUT2D eigenvalue weighted by molar-refractivity contribution is 6.74. The monoisotopic (exact) mass is 334 g/mol. The van der Waals surface area contributed by atoms with Gasteiger partial charge in [-0.3, -0.25) is 0 Å². The van der Waals surface area contributed by atoms with Crippen molar-refractivity contribution in [3.8, 4) is 0 Å². The molecule has 0 radical (unpaired) electrons. The number of aliphatic hydroxyl groups is 1. The lowest BCUT2D eigenvalue weighted by molar-refractivity contribution is 0.0777. The minimum Gasteiger partial charge on any atom is -0.417 e. The van der Waals surface area contributed by atoms with Gasteiger partial charge in [0.15, 0.2) is 16.6 Å². The van der Waals surface area contributed by atoms with Gasteiger partial charge in [0, 0.05) is 6.61 Å². The van der Waals surface area contributed by atoms with E-state index in [2.05, 4.69) is 67.7 Å². The number of hydrogen-bond acceptors (Lipinski definition) is 3. The van der Waals surface area contributed by atoms with Gasteiger partial charge in [-0.05, 0) is 42.7 Å². The number of aliphatic hydroxyl groups excluding tert-OH is 1. The Labute approximate surface area is 134 Å². The van der Waals surface area contributed by atoms with Crippen LogP contribution in [0.4, 0.5) is 0 Å². The molecule has 0 saturated carbocycles. The fourth-order valence-corrected chi connectivity index (χ4v) is 3.37. The molecule has 0 aliphatic rings. The fraction of sp³-hybridized carbons (Fsp3) is 1.00. The van der Waals surface area contributed by atoms with Crippen molar-refractivity contribution in [2.75, 3.05) is 13.2 Å². The SMILES string of the molecule is CC(C)(C)[Si](C)(C)OCCC(O)CO[Si](C)(C)C(C)(C)C. The molecule has 128 valence electrons. The Kier molecular flexibility index (Phi) is 7.37. The van der Waals surface area contributed by atoms with E-state index < -0.39 is 22.7 Å². The van der Waals surface area contributed by atoms with Gasteiger partial charge in [0.1, 0.15) is 0 Å². The van der Waals surface area contributed by atoms with Crippen LogP contribution in [0.3, 0.4) is 0 Å². The highest BCUT2D eigenvalue weighted by Gasteiger charge is 2.38. The second kappa shape index (κ2) is 7.26. The predicted octanol–water partition coefficient (Wildman–Crippen LogP) is 4.78. The highest BCUT2D eigenvalue weighted by Crippen LogP contribution is 2.37. The third kappa shape index (κ3) is 6.95. The van der Waals surface area contributed by atoms with E-state index in [9.17, 15) is 5.11 Å². The van der Waals surface area contributed by atoms with Crippen LogP contribution in [-0.4, -0.2) is 41.1 Å². The van der Waals surface area contributed by atoms with E-state index in [1.807, 2.05) is 0 Å². The van der Waals surface area contributed by atoms with Crippen molar-refractivity contribution in [3.05, 3.63) is 0 Å². The van der Waals surface area contributed by atoms with Crippen LogP contribution in [-0.2, 0) is 8.85 Å². The summed E-state index contributed by atoms with van der Waals surface area (Å²) in [6, 6.07) is 0. The Morgan fingerprint density at radius 2 is 1.19 bits per heavy atom. The zero-order chi connectivity index (χ0) is 17.1. The molecule has 0 heterocycles. The Morgan fingerprint density at radius 1 is 0.810 bits per heavy atom. The van der Waals surface area contributed by atoms with Crippen LogP contribution in [0.1, 0.15) is 48.0 Å². The normalized spacial score (nSPS) is 16.1. The summed E-state index contributed by atoms with van der Waals surface area (Å²) in [5, 5.41) is 10.5. The van der Waals surface area contributed by atoms with E-state index in [0.29, 0.717) is 19.6 Å². The minimum absolute atomic E-state index is 0.185. The van der Waals surface area contributed by atoms with Crippen molar-refractivity contribution in [1.82, 2.24) is 0 Å². The molecule has 1 unspecified atom stereocenters. The molecule has 0 spiro atoms. The highest BCUT2D eigenvalue weighted by atomic mass is 28.4. The van der Waals surface area contributed by atoms with Gasteiger partial charge < -0.3 is 14.0 Å². The minimum atomic E-state index is -1.77. The Bertz CT molecular complexity index is 314. The van der Waals surface area contributed by atoms with E-state index in [1.165, 1.54) is 0 Å². The molecule has 0 aliphatic carbocycles. The molecule has 1 N–H and O–H groups in total. The molecule has 0 aliphatic heterocycles. The molecule has 0 fully saturated rings. The number of hydrogen-bond donors (Lipinski definition) is 1. The molecular formula is C16H38O3Si2. The summed E-state index contributed by atoms with van der Waals surface area (Å²) in [5.74, 6) is 0. The van der Waals surface area contributed by atoms with E-state index in [0.717, 1.165) is 0 Å². The lowest BCUT2D eigenvalue weighted by Gasteiger charge is -2.37. The van der Waals surface area contributed by atoms with Gasteiger partial charge in [0.25, 0.3) is 0 Å². The maximum Gasteiger partial charge on any atom is 0.192 e. The van der Waals surface area contributed by atoms with Crippen LogP contribution in [0.15, 0.2) is 0 Å². The predicted molar refractivity (Wildman–Crippen MR) is 96.9 cm³/mol. The van der Waals surface area contributed by atoms with Gasteiger partial charge in [-0.15, -0.1) is 0 Å². The third-order valence-corrected chi connectivity index (χ3v) is 14.2. The van der Waals surface area contributed by atoms with E-state index in [1.54, 1.807) is 0 Å². The standard InChI is InChI=1S/C16H38O3Si2/c1-15(2,3)20(7,8)18-12-11-14(17)13-19-21(9,10)16(4,5)6/h14,17H,11-13H2,1-10H3. The summed E-state index contributed by atoms with van der Waals surface area (Å²) >= 11 is 0. The third-order valence-electron chi connectivity index (χ3n) is 5.16. The topological polar surface area (TPSA) is 38.7 Å². The van der Waals surface area contributed by atoms with Crippen LogP contribution in [0.2, 0.25) is 36.3 Å². The zero-order valence-corrected chi connectivity index (χ0v) is 18.0. The Balaban J connectivity index is 4.17. The first-order chi connectivity index (χ1) is 9.10. The summed E-state index contributed by atoms with van der Waals surface area (Å²) < 4.78 is 12.1. The first-order valence-corrected chi connectivity index (χ1v) is 13.9. The molecule has 21 heavy (non-hydrogen) atoms. The summed E-state index contributed by atoms with van der Waals surface area (Å²) in [5.41, 5.74) is 0. The average Bonchev–Trinajstić information content (AvgIpc) is 2.23. The van der Waals surface area contributed by atoms with Gasteiger partial charge in [0.2, 0.25) is 0 Å². The van der Waals surface area contributed by atoms with E-state index in [4.69, 9.17) is 8.85 Å². The molecular weight excluding hydrogens is 296 g/mol. The summed E-state index contributed by atoms with van der Waals surface area (Å²) in [6.07, 6.45) is 0.227. The summed E-state index contributed by atoms with van der Waals surface area (Å²) in [4.78, 5) is 0. The second-order valence-electron chi connectivity index (χ2n) is 9.12. The van der Waals surface area contributed by atoms with Crippen molar-refractivity contribution in [2.45, 2.75) is 90.3 Å². The van der Waals surface area contributed by atoms with Crippen molar-refractivity contribution in [3.63, 3.8) is 0 Å². The zero-order valence-electron chi connectivity index (χ0n) is 16.0. The van der Waals surface area contributed by atoms with Gasteiger partial charge in [-0.25, -0.2) is 0 Å². The molecule has 3 nitrogen and oxygen atoms in total. The Morgan fingerprint density at radius 3 is 1.57 bits per heavy atom. The molecule has 0 aromatic rings.